The molecular formula is C30H30FN3O3. The number of carbonyl (C=O) groups excluding carboxylic acids is 1. The molecule has 2 aromatic heterocycles. The van der Waals surface area contributed by atoms with Gasteiger partial charge < -0.3 is 9.15 Å². The Kier molecular flexibility index (Phi) is 6.78. The van der Waals surface area contributed by atoms with Gasteiger partial charge in [0, 0.05) is 16.6 Å². The van der Waals surface area contributed by atoms with Crippen LogP contribution in [0.25, 0.3) is 28.1 Å². The van der Waals surface area contributed by atoms with Gasteiger partial charge in [-0.15, -0.1) is 0 Å². The molecule has 37 heavy (non-hydrogen) atoms. The number of halogens is 1. The average Bonchev–Trinajstić information content (AvgIpc) is 3.47. The van der Waals surface area contributed by atoms with Crippen LogP contribution in [-0.4, -0.2) is 27.7 Å². The van der Waals surface area contributed by atoms with E-state index >= 15 is 0 Å². The number of hydrogen-bond donors (Lipinski definition) is 0. The molecule has 190 valence electrons. The lowest BCUT2D eigenvalue weighted by atomic mass is 9.78. The topological polar surface area (TPSA) is 70.2 Å². The summed E-state index contributed by atoms with van der Waals surface area (Å²) >= 11 is 0. The molecule has 0 aliphatic heterocycles. The largest absolute Gasteiger partial charge is 0.494 e. The molecule has 0 radical (unpaired) electrons. The second kappa shape index (κ2) is 10.2. The Hall–Kier alpha value is -4.00. The fraction of sp³-hybridized carbons (Fsp3) is 0.300. The third-order valence-electron chi connectivity index (χ3n) is 7.19. The Labute approximate surface area is 215 Å². The zero-order valence-electron chi connectivity index (χ0n) is 21.3. The van der Waals surface area contributed by atoms with Gasteiger partial charge in [0.15, 0.2) is 17.3 Å². The molecule has 1 aliphatic carbocycles. The van der Waals surface area contributed by atoms with Gasteiger partial charge in [-0.25, -0.2) is 9.37 Å². The van der Waals surface area contributed by atoms with Gasteiger partial charge in [0.25, 0.3) is 0 Å². The van der Waals surface area contributed by atoms with Crippen molar-refractivity contribution < 1.29 is 18.3 Å². The Morgan fingerprint density at radius 3 is 2.68 bits per heavy atom. The highest BCUT2D eigenvalue weighted by molar-refractivity contribution is 5.85. The second-order valence-electron chi connectivity index (χ2n) is 9.82. The Morgan fingerprint density at radius 1 is 1.14 bits per heavy atom. The molecule has 1 unspecified atom stereocenters. The van der Waals surface area contributed by atoms with Crippen molar-refractivity contribution in [2.45, 2.75) is 46.1 Å². The van der Waals surface area contributed by atoms with E-state index in [1.54, 1.807) is 23.0 Å². The number of ketones is 1. The molecule has 7 heteroatoms. The number of nitrogens with zero attached hydrogens (tertiary/aromatic N) is 3. The summed E-state index contributed by atoms with van der Waals surface area (Å²) in [7, 11) is 1.44. The van der Waals surface area contributed by atoms with Crippen molar-refractivity contribution in [1.29, 1.82) is 0 Å². The average molecular weight is 500 g/mol. The van der Waals surface area contributed by atoms with E-state index in [1.807, 2.05) is 50.2 Å². The van der Waals surface area contributed by atoms with E-state index in [2.05, 4.69) is 11.1 Å². The van der Waals surface area contributed by atoms with Crippen molar-refractivity contribution in [3.05, 3.63) is 84.3 Å². The predicted octanol–water partition coefficient (Wildman–Crippen LogP) is 6.89. The first-order valence-electron chi connectivity index (χ1n) is 12.5. The number of rotatable bonds is 7. The Bertz CT molecular complexity index is 1450. The molecule has 0 amide bonds. The van der Waals surface area contributed by atoms with E-state index < -0.39 is 11.2 Å². The standard InChI is InChI=1S/C30H30FN3O3/c1-20-18-32-29(37-20)22-10-7-14-30(2,15-13-22)28(35)19-34-26(21-8-5-4-6-9-21)17-25(33-34)23-11-12-24(31)27(16-23)36-3/h4-6,8-12,16-18H,7,13-15,19H2,1-3H3. The fourth-order valence-corrected chi connectivity index (χ4v) is 4.84. The summed E-state index contributed by atoms with van der Waals surface area (Å²) in [5, 5.41) is 4.80. The van der Waals surface area contributed by atoms with Crippen LogP contribution in [0.15, 0.2) is 71.3 Å². The van der Waals surface area contributed by atoms with E-state index in [1.165, 1.54) is 13.2 Å². The molecule has 0 saturated carbocycles. The van der Waals surface area contributed by atoms with Crippen molar-refractivity contribution in [2.75, 3.05) is 7.11 Å². The summed E-state index contributed by atoms with van der Waals surface area (Å²) in [6.07, 6.45) is 6.84. The molecular weight excluding hydrogens is 469 g/mol. The van der Waals surface area contributed by atoms with E-state index in [-0.39, 0.29) is 18.1 Å². The summed E-state index contributed by atoms with van der Waals surface area (Å²) in [5.41, 5.74) is 3.72. The number of aryl methyl sites for hydroxylation is 1. The van der Waals surface area contributed by atoms with E-state index in [0.717, 1.165) is 47.4 Å². The minimum atomic E-state index is -0.501. The van der Waals surface area contributed by atoms with Crippen LogP contribution < -0.4 is 4.74 Å². The third kappa shape index (κ3) is 5.12. The Morgan fingerprint density at radius 2 is 1.95 bits per heavy atom. The molecule has 5 rings (SSSR count). The van der Waals surface area contributed by atoms with Crippen molar-refractivity contribution in [2.24, 2.45) is 5.41 Å². The third-order valence-corrected chi connectivity index (χ3v) is 7.19. The van der Waals surface area contributed by atoms with E-state index in [9.17, 15) is 9.18 Å². The number of aromatic nitrogens is 3. The highest BCUT2D eigenvalue weighted by atomic mass is 19.1. The SMILES string of the molecule is COc1cc(-c2cc(-c3ccccc3)n(CC(=O)C3(C)CCC=C(c4ncc(C)o4)CC3)n2)ccc1F. The van der Waals surface area contributed by atoms with Crippen molar-refractivity contribution >= 4 is 11.4 Å². The van der Waals surface area contributed by atoms with Crippen molar-refractivity contribution in [3.8, 4) is 28.3 Å². The van der Waals surface area contributed by atoms with Crippen LogP contribution in [0.4, 0.5) is 4.39 Å². The van der Waals surface area contributed by atoms with Crippen molar-refractivity contribution in [3.63, 3.8) is 0 Å². The lowest BCUT2D eigenvalue weighted by molar-refractivity contribution is -0.129. The maximum Gasteiger partial charge on any atom is 0.221 e. The van der Waals surface area contributed by atoms with Crippen LogP contribution in [0.1, 0.15) is 44.3 Å². The first-order chi connectivity index (χ1) is 17.9. The van der Waals surface area contributed by atoms with Crippen LogP contribution in [0.3, 0.4) is 0 Å². The number of allylic oxidation sites excluding steroid dienone is 2. The molecule has 1 atom stereocenters. The number of hydrogen-bond acceptors (Lipinski definition) is 5. The van der Waals surface area contributed by atoms with Gasteiger partial charge in [-0.3, -0.25) is 9.48 Å². The number of ether oxygens (including phenoxy) is 1. The summed E-state index contributed by atoms with van der Waals surface area (Å²) in [6, 6.07) is 16.5. The maximum absolute atomic E-state index is 14.0. The van der Waals surface area contributed by atoms with Crippen molar-refractivity contribution in [1.82, 2.24) is 14.8 Å². The quantitative estimate of drug-likeness (QED) is 0.277. The summed E-state index contributed by atoms with van der Waals surface area (Å²) in [6.45, 7) is 4.07. The zero-order valence-corrected chi connectivity index (χ0v) is 21.3. The maximum atomic E-state index is 14.0. The lowest BCUT2D eigenvalue weighted by Crippen LogP contribution is -2.31. The number of oxazole rings is 1. The lowest BCUT2D eigenvalue weighted by Gasteiger charge is -2.27. The molecule has 0 bridgehead atoms. The van der Waals surface area contributed by atoms with Crippen LogP contribution in [0, 0.1) is 18.2 Å². The number of benzene rings is 2. The highest BCUT2D eigenvalue weighted by Crippen LogP contribution is 2.39. The van der Waals surface area contributed by atoms with Gasteiger partial charge in [0.1, 0.15) is 12.3 Å². The Balaban J connectivity index is 1.42. The first kappa shape index (κ1) is 24.7. The molecule has 0 fully saturated rings. The minimum Gasteiger partial charge on any atom is -0.494 e. The molecule has 2 heterocycles. The summed E-state index contributed by atoms with van der Waals surface area (Å²) < 4.78 is 26.7. The van der Waals surface area contributed by atoms with E-state index in [0.29, 0.717) is 18.0 Å². The van der Waals surface area contributed by atoms with E-state index in [4.69, 9.17) is 14.3 Å². The summed E-state index contributed by atoms with van der Waals surface area (Å²) in [5.74, 6) is 1.28. The number of Topliss-reactive ketones (excluding diaryl/α,β-unsaturated/α-hetero) is 1. The van der Waals surface area contributed by atoms with Gasteiger partial charge in [0.05, 0.1) is 24.7 Å². The number of carbonyl (C=O) groups is 1. The first-order valence-corrected chi connectivity index (χ1v) is 12.5. The van der Waals surface area contributed by atoms with Gasteiger partial charge >= 0.3 is 0 Å². The normalized spacial score (nSPS) is 17.8. The smallest absolute Gasteiger partial charge is 0.221 e. The van der Waals surface area contributed by atoms with Crippen LogP contribution in [-0.2, 0) is 11.3 Å². The van der Waals surface area contributed by atoms with Gasteiger partial charge in [-0.2, -0.15) is 5.10 Å². The fourth-order valence-electron chi connectivity index (χ4n) is 4.84. The minimum absolute atomic E-state index is 0.134. The van der Waals surface area contributed by atoms with Gasteiger partial charge in [-0.1, -0.05) is 43.3 Å². The van der Waals surface area contributed by atoms with Gasteiger partial charge in [0.2, 0.25) is 5.89 Å². The molecule has 0 spiro atoms. The molecule has 2 aromatic carbocycles. The van der Waals surface area contributed by atoms with Crippen LogP contribution in [0.5, 0.6) is 5.75 Å². The van der Waals surface area contributed by atoms with Crippen LogP contribution >= 0.6 is 0 Å². The molecule has 4 aromatic rings. The molecule has 6 nitrogen and oxygen atoms in total. The van der Waals surface area contributed by atoms with Crippen LogP contribution in [0.2, 0.25) is 0 Å². The zero-order chi connectivity index (χ0) is 26.0. The number of methoxy groups -OCH3 is 1. The monoisotopic (exact) mass is 499 g/mol. The summed E-state index contributed by atoms with van der Waals surface area (Å²) in [4.78, 5) is 18.1. The molecule has 0 N–H and O–H groups in total. The highest BCUT2D eigenvalue weighted by Gasteiger charge is 2.35. The predicted molar refractivity (Wildman–Crippen MR) is 140 cm³/mol. The second-order valence-corrected chi connectivity index (χ2v) is 9.82. The van der Waals surface area contributed by atoms with Gasteiger partial charge in [-0.05, 0) is 62.4 Å². The molecule has 1 aliphatic rings. The molecule has 0 saturated heterocycles.